The Morgan fingerprint density at radius 1 is 0.949 bits per heavy atom. The number of nitrogens with zero attached hydrogens (tertiary/aromatic N) is 3. The Balaban J connectivity index is 1.70. The number of rotatable bonds is 4. The van der Waals surface area contributed by atoms with E-state index in [4.69, 9.17) is 18.9 Å². The van der Waals surface area contributed by atoms with Gasteiger partial charge in [-0.1, -0.05) is 45.9 Å². The lowest BCUT2D eigenvalue weighted by molar-refractivity contribution is -0.160. The van der Waals surface area contributed by atoms with E-state index < -0.39 is 88.8 Å². The normalized spacial score (nSPS) is 32.1. The number of hydrogen-bond donors (Lipinski definition) is 6. The highest BCUT2D eigenvalue weighted by Gasteiger charge is 2.50. The molecule has 0 unspecified atom stereocenters. The number of phenolic OH excluding ortho intramolecular Hbond substituents is 3. The number of benzene rings is 2. The van der Waals surface area contributed by atoms with Crippen LogP contribution in [0.5, 0.6) is 23.0 Å². The fraction of sp³-hybridized carbons (Fsp3) is 0.535. The van der Waals surface area contributed by atoms with Crippen LogP contribution in [0.4, 0.5) is 5.69 Å². The van der Waals surface area contributed by atoms with Gasteiger partial charge in [-0.3, -0.25) is 19.4 Å². The minimum atomic E-state index is -2.04. The van der Waals surface area contributed by atoms with Gasteiger partial charge in [0.15, 0.2) is 5.75 Å². The Labute approximate surface area is 344 Å². The molecule has 2 aromatic rings. The fourth-order valence-corrected chi connectivity index (χ4v) is 7.92. The van der Waals surface area contributed by atoms with Crippen molar-refractivity contribution in [1.29, 1.82) is 0 Å². The summed E-state index contributed by atoms with van der Waals surface area (Å²) in [6.45, 7) is 15.1. The molecule has 6 N–H and O–H groups in total. The van der Waals surface area contributed by atoms with Gasteiger partial charge in [0, 0.05) is 87.3 Å². The van der Waals surface area contributed by atoms with Crippen LogP contribution in [0, 0.1) is 30.6 Å². The summed E-state index contributed by atoms with van der Waals surface area (Å²) in [5, 5.41) is 66.8. The Morgan fingerprint density at radius 2 is 1.61 bits per heavy atom. The summed E-state index contributed by atoms with van der Waals surface area (Å²) in [5.74, 6) is -8.34. The number of Topliss-reactive ketones (excluding diaryl/α,β-unsaturated/α-hetero) is 1. The van der Waals surface area contributed by atoms with Crippen molar-refractivity contribution < 1.29 is 58.9 Å². The van der Waals surface area contributed by atoms with Gasteiger partial charge in [-0.05, 0) is 27.0 Å². The van der Waals surface area contributed by atoms with Crippen LogP contribution in [0.3, 0.4) is 0 Å². The van der Waals surface area contributed by atoms with Gasteiger partial charge in [-0.15, -0.1) is 0 Å². The number of aliphatic hydroxyl groups excluding tert-OH is 2. The molecule has 4 aliphatic heterocycles. The van der Waals surface area contributed by atoms with Crippen LogP contribution >= 0.6 is 0 Å². The molecule has 5 bridgehead atoms. The Hall–Kier alpha value is -5.16. The number of fused-ring (bicyclic) bond motifs is 14. The minimum Gasteiger partial charge on any atom is -0.507 e. The summed E-state index contributed by atoms with van der Waals surface area (Å²) < 4.78 is 23.6. The first-order chi connectivity index (χ1) is 27.7. The number of amides is 1. The van der Waals surface area contributed by atoms with Crippen molar-refractivity contribution in [3.05, 3.63) is 52.8 Å². The third-order valence-electron chi connectivity index (χ3n) is 11.9. The van der Waals surface area contributed by atoms with Crippen LogP contribution in [-0.2, 0) is 23.8 Å². The number of anilines is 1. The summed E-state index contributed by atoms with van der Waals surface area (Å²) in [6.07, 6.45) is 4.86. The van der Waals surface area contributed by atoms with Crippen molar-refractivity contribution in [1.82, 2.24) is 9.91 Å². The van der Waals surface area contributed by atoms with E-state index in [9.17, 15) is 39.9 Å². The van der Waals surface area contributed by atoms with E-state index in [1.807, 2.05) is 7.05 Å². The molecule has 16 nitrogen and oxygen atoms in total. The van der Waals surface area contributed by atoms with Crippen molar-refractivity contribution >= 4 is 40.3 Å². The molecule has 0 saturated carbocycles. The maximum absolute atomic E-state index is 14.4. The van der Waals surface area contributed by atoms with E-state index in [2.05, 4.69) is 15.3 Å². The van der Waals surface area contributed by atoms with Gasteiger partial charge in [0.1, 0.15) is 23.4 Å². The summed E-state index contributed by atoms with van der Waals surface area (Å²) in [5.41, 5.74) is -0.350. The molecule has 0 aromatic heterocycles. The molecule has 2 aromatic carbocycles. The van der Waals surface area contributed by atoms with Crippen LogP contribution in [-0.4, -0.2) is 130 Å². The number of esters is 1. The number of carbonyl (C=O) groups is 3. The van der Waals surface area contributed by atoms with E-state index in [-0.39, 0.29) is 44.5 Å². The van der Waals surface area contributed by atoms with Gasteiger partial charge in [0.25, 0.3) is 11.7 Å². The van der Waals surface area contributed by atoms with E-state index in [0.717, 1.165) is 13.1 Å². The summed E-state index contributed by atoms with van der Waals surface area (Å²) in [4.78, 5) is 42.6. The first-order valence-corrected chi connectivity index (χ1v) is 19.8. The molecule has 4 heterocycles. The predicted molar refractivity (Wildman–Crippen MR) is 220 cm³/mol. The predicted octanol–water partition coefficient (Wildman–Crippen LogP) is 4.34. The summed E-state index contributed by atoms with van der Waals surface area (Å²) in [6, 6.07) is 0. The fourth-order valence-electron chi connectivity index (χ4n) is 7.92. The Kier molecular flexibility index (Phi) is 13.7. The van der Waals surface area contributed by atoms with Gasteiger partial charge in [0.2, 0.25) is 0 Å². The minimum absolute atomic E-state index is 0.0559. The molecule has 1 amide bonds. The quantitative estimate of drug-likeness (QED) is 0.109. The van der Waals surface area contributed by atoms with E-state index in [1.165, 1.54) is 59.4 Å². The number of aromatic hydroxyl groups is 3. The van der Waals surface area contributed by atoms with Crippen molar-refractivity contribution in [2.45, 2.75) is 85.6 Å². The average Bonchev–Trinajstić information content (AvgIpc) is 3.46. The molecular weight excluding hydrogens is 764 g/mol. The monoisotopic (exact) mass is 822 g/mol. The number of likely N-dealkylation sites (N-methyl/N-ethyl adjacent to an activating group) is 1. The molecule has 59 heavy (non-hydrogen) atoms. The third-order valence-corrected chi connectivity index (χ3v) is 11.9. The maximum Gasteiger partial charge on any atom is 0.312 e. The number of methoxy groups -OCH3 is 1. The van der Waals surface area contributed by atoms with Gasteiger partial charge in [-0.25, -0.2) is 0 Å². The standard InChI is InChI=1S/C43H58N4O12/c1-21-12-11-13-22(2)42(55)45-33-28(20-44-47-17-15-46(9)16-18-47)37(52)30-31(38(33)53)36(51)26(6)40-32(30)41(54)43(8,59-40)57-19-14-29(56-10)23(3)39(58-27(7)48)25(5)35(50)24(4)34(21)49/h11-14,19-21,23-25,29,34-35,39,49-53H,15-18H2,1-10H3,(H,45,55)/b12-11-,19-14-,22-13+,44-20?/t21-,23+,24+,25+,29-,34-,35+,39+,43-/m0/s1. The van der Waals surface area contributed by atoms with Gasteiger partial charge in [-0.2, -0.15) is 5.10 Å². The highest BCUT2D eigenvalue weighted by Crippen LogP contribution is 2.55. The number of hydrazone groups is 1. The number of ketones is 1. The lowest BCUT2D eigenvalue weighted by Gasteiger charge is -2.38. The van der Waals surface area contributed by atoms with Gasteiger partial charge < -0.3 is 54.7 Å². The molecule has 9 atom stereocenters. The second-order valence-corrected chi connectivity index (χ2v) is 16.1. The molecule has 0 aliphatic carbocycles. The van der Waals surface area contributed by atoms with Crippen LogP contribution in [0.15, 0.2) is 41.2 Å². The van der Waals surface area contributed by atoms with E-state index in [0.29, 0.717) is 13.1 Å². The molecule has 1 fully saturated rings. The van der Waals surface area contributed by atoms with Crippen molar-refractivity contribution in [3.63, 3.8) is 0 Å². The average molecular weight is 823 g/mol. The largest absolute Gasteiger partial charge is 0.507 e. The van der Waals surface area contributed by atoms with Gasteiger partial charge in [0.05, 0.1) is 53.0 Å². The number of nitrogens with one attached hydrogen (secondary N) is 1. The molecule has 6 rings (SSSR count). The number of hydrogen-bond acceptors (Lipinski definition) is 15. The topological polar surface area (TPSA) is 220 Å². The zero-order valence-corrected chi connectivity index (χ0v) is 35.3. The molecule has 0 spiro atoms. The van der Waals surface area contributed by atoms with E-state index >= 15 is 0 Å². The number of aliphatic hydroxyl groups is 2. The van der Waals surface area contributed by atoms with Crippen molar-refractivity contribution in [2.75, 3.05) is 45.7 Å². The SMILES string of the molecule is CO[C@H]1/C=C\O[C@@]2(C)Oc3c(C)c(O)c4c(O)c(c(C=NN5CCN(C)CC5)c(O)c4c3C2=O)NC(=O)/C(C)=C/C=C\[C@H](C)[C@H](O)[C@@H](C)[C@@H](O)[C@@H](C)[C@H](OC(C)=O)[C@@H]1C. The first-order valence-electron chi connectivity index (χ1n) is 19.8. The van der Waals surface area contributed by atoms with Crippen molar-refractivity contribution in [3.8, 4) is 23.0 Å². The molecule has 4 aliphatic rings. The first kappa shape index (κ1) is 44.9. The van der Waals surface area contributed by atoms with Crippen LogP contribution < -0.4 is 10.1 Å². The van der Waals surface area contributed by atoms with Crippen molar-refractivity contribution in [2.24, 2.45) is 28.8 Å². The summed E-state index contributed by atoms with van der Waals surface area (Å²) >= 11 is 0. The number of allylic oxidation sites excluding steroid dienone is 2. The molecular formula is C43H58N4O12. The Bertz CT molecular complexity index is 2070. The zero-order valence-electron chi connectivity index (χ0n) is 35.3. The number of ether oxygens (including phenoxy) is 4. The van der Waals surface area contributed by atoms with Crippen LogP contribution in [0.2, 0.25) is 0 Å². The van der Waals surface area contributed by atoms with Gasteiger partial charge >= 0.3 is 11.8 Å². The van der Waals surface area contributed by atoms with Crippen LogP contribution in [0.25, 0.3) is 10.8 Å². The second kappa shape index (κ2) is 18.0. The zero-order chi connectivity index (χ0) is 43.7. The third kappa shape index (κ3) is 8.91. The van der Waals surface area contributed by atoms with Crippen LogP contribution in [0.1, 0.15) is 70.0 Å². The lowest BCUT2D eigenvalue weighted by atomic mass is 9.78. The molecule has 322 valence electrons. The Morgan fingerprint density at radius 3 is 2.24 bits per heavy atom. The number of phenols is 3. The molecule has 0 radical (unpaired) electrons. The lowest BCUT2D eigenvalue weighted by Crippen LogP contribution is -2.46. The highest BCUT2D eigenvalue weighted by atomic mass is 16.7. The van der Waals surface area contributed by atoms with E-state index in [1.54, 1.807) is 44.9 Å². The second-order valence-electron chi connectivity index (χ2n) is 16.1. The molecule has 1 saturated heterocycles. The highest BCUT2D eigenvalue weighted by molar-refractivity contribution is 6.23. The smallest absolute Gasteiger partial charge is 0.312 e. The number of piperazine rings is 1. The summed E-state index contributed by atoms with van der Waals surface area (Å²) in [7, 11) is 3.42. The molecule has 16 heteroatoms. The maximum atomic E-state index is 14.4. The number of carbonyl (C=O) groups excluding carboxylic acids is 3.